The highest BCUT2D eigenvalue weighted by Gasteiger charge is 2.12. The Bertz CT molecular complexity index is 158. The molecule has 0 saturated carbocycles. The number of rotatable bonds is 4. The third kappa shape index (κ3) is 9.39. The van der Waals surface area contributed by atoms with Crippen LogP contribution >= 0.6 is 0 Å². The highest BCUT2D eigenvalue weighted by Crippen LogP contribution is 2.01. The van der Waals surface area contributed by atoms with E-state index >= 15 is 0 Å². The fraction of sp³-hybridized carbons (Fsp3) is 0.571. The highest BCUT2D eigenvalue weighted by molar-refractivity contribution is 6.69. The monoisotopic (exact) mass is 174 g/mol. The Hall–Kier alpha value is -0.613. The first kappa shape index (κ1) is 10.4. The smallest absolute Gasteiger partial charge is 0.328 e. The van der Waals surface area contributed by atoms with Gasteiger partial charge in [0.05, 0.1) is 6.61 Å². The number of carbonyl (C=O) groups is 1. The quantitative estimate of drug-likeness (QED) is 0.518. The van der Waals surface area contributed by atoms with Crippen molar-refractivity contribution in [1.29, 1.82) is 0 Å². The van der Waals surface area contributed by atoms with Gasteiger partial charge in [-0.2, -0.15) is 0 Å². The predicted molar refractivity (Wildman–Crippen MR) is 46.1 cm³/mol. The molecule has 0 spiro atoms. The van der Waals surface area contributed by atoms with Crippen LogP contribution in [0, 0.1) is 0 Å². The van der Waals surface area contributed by atoms with E-state index in [1.54, 1.807) is 0 Å². The van der Waals surface area contributed by atoms with Crippen molar-refractivity contribution >= 4 is 14.3 Å². The SMILES string of the molecule is C[Si](C)(C)OC/C=C/C(=O)O. The second-order valence-corrected chi connectivity index (χ2v) is 7.68. The molecule has 0 saturated heterocycles. The van der Waals surface area contributed by atoms with Crippen molar-refractivity contribution < 1.29 is 14.3 Å². The summed E-state index contributed by atoms with van der Waals surface area (Å²) in [7, 11) is -1.47. The van der Waals surface area contributed by atoms with Crippen LogP contribution in [0.3, 0.4) is 0 Å². The number of hydrogen-bond acceptors (Lipinski definition) is 2. The fourth-order valence-corrected chi connectivity index (χ4v) is 1.04. The lowest BCUT2D eigenvalue weighted by molar-refractivity contribution is -0.131. The summed E-state index contributed by atoms with van der Waals surface area (Å²) in [4.78, 5) is 9.99. The van der Waals surface area contributed by atoms with Gasteiger partial charge in [-0.05, 0) is 19.6 Å². The number of carboxylic acids is 1. The summed E-state index contributed by atoms with van der Waals surface area (Å²) in [6.45, 7) is 6.58. The van der Waals surface area contributed by atoms with E-state index in [1.165, 1.54) is 6.08 Å². The molecule has 0 aromatic heterocycles. The van der Waals surface area contributed by atoms with Crippen molar-refractivity contribution in [2.24, 2.45) is 0 Å². The molecular weight excluding hydrogens is 160 g/mol. The molecule has 1 N–H and O–H groups in total. The normalized spacial score (nSPS) is 12.3. The summed E-state index contributed by atoms with van der Waals surface area (Å²) in [6.07, 6.45) is 2.61. The summed E-state index contributed by atoms with van der Waals surface area (Å²) in [5.74, 6) is -0.927. The lowest BCUT2D eigenvalue weighted by Crippen LogP contribution is -2.25. The molecule has 0 bridgehead atoms. The average Bonchev–Trinajstić information content (AvgIpc) is 1.78. The van der Waals surface area contributed by atoms with Crippen molar-refractivity contribution in [2.75, 3.05) is 6.61 Å². The van der Waals surface area contributed by atoms with Crippen LogP contribution in [0.1, 0.15) is 0 Å². The minimum atomic E-state index is -1.47. The van der Waals surface area contributed by atoms with Crippen molar-refractivity contribution in [3.8, 4) is 0 Å². The zero-order valence-electron chi connectivity index (χ0n) is 7.13. The van der Waals surface area contributed by atoms with E-state index in [2.05, 4.69) is 19.6 Å². The largest absolute Gasteiger partial charge is 0.478 e. The van der Waals surface area contributed by atoms with Gasteiger partial charge in [0.1, 0.15) is 0 Å². The Kier molecular flexibility index (Phi) is 4.06. The third-order valence-corrected chi connectivity index (χ3v) is 1.91. The number of carboxylic acid groups (broad SMARTS) is 1. The third-order valence-electron chi connectivity index (χ3n) is 0.873. The van der Waals surface area contributed by atoms with Crippen LogP contribution in [0.2, 0.25) is 19.6 Å². The van der Waals surface area contributed by atoms with E-state index in [-0.39, 0.29) is 0 Å². The van der Waals surface area contributed by atoms with Gasteiger partial charge in [0.15, 0.2) is 8.32 Å². The molecule has 0 rings (SSSR count). The second-order valence-electron chi connectivity index (χ2n) is 3.16. The van der Waals surface area contributed by atoms with Crippen LogP contribution in [-0.2, 0) is 9.22 Å². The zero-order chi connectivity index (χ0) is 8.91. The lowest BCUT2D eigenvalue weighted by atomic mass is 10.5. The molecule has 0 aromatic rings. The van der Waals surface area contributed by atoms with Gasteiger partial charge in [0.25, 0.3) is 0 Å². The Morgan fingerprint density at radius 1 is 1.55 bits per heavy atom. The molecule has 0 fully saturated rings. The maximum Gasteiger partial charge on any atom is 0.328 e. The molecule has 0 heterocycles. The fourth-order valence-electron chi connectivity index (χ4n) is 0.447. The van der Waals surface area contributed by atoms with Gasteiger partial charge in [0.2, 0.25) is 0 Å². The Labute approximate surface area is 67.8 Å². The first-order valence-corrected chi connectivity index (χ1v) is 6.86. The number of aliphatic carboxylic acids is 1. The lowest BCUT2D eigenvalue weighted by Gasteiger charge is -2.14. The van der Waals surface area contributed by atoms with Crippen molar-refractivity contribution in [1.82, 2.24) is 0 Å². The summed E-state index contributed by atoms with van der Waals surface area (Å²) >= 11 is 0. The molecule has 64 valence electrons. The van der Waals surface area contributed by atoms with Gasteiger partial charge >= 0.3 is 5.97 Å². The molecule has 0 aromatic carbocycles. The van der Waals surface area contributed by atoms with Crippen LogP contribution in [0.4, 0.5) is 0 Å². The topological polar surface area (TPSA) is 46.5 Å². The van der Waals surface area contributed by atoms with Gasteiger partial charge in [-0.1, -0.05) is 6.08 Å². The van der Waals surface area contributed by atoms with Gasteiger partial charge in [0, 0.05) is 6.08 Å². The maximum atomic E-state index is 9.99. The van der Waals surface area contributed by atoms with Gasteiger partial charge in [-0.25, -0.2) is 4.79 Å². The molecule has 0 aliphatic rings. The molecule has 0 amide bonds. The molecule has 0 atom stereocenters. The zero-order valence-corrected chi connectivity index (χ0v) is 8.13. The molecule has 0 radical (unpaired) electrons. The van der Waals surface area contributed by atoms with E-state index in [0.29, 0.717) is 6.61 Å². The van der Waals surface area contributed by atoms with Crippen LogP contribution in [0.15, 0.2) is 12.2 Å². The molecule has 0 aliphatic carbocycles. The molecule has 0 unspecified atom stereocenters. The first-order chi connectivity index (χ1) is 4.92. The molecular formula is C7H14O3Si. The van der Waals surface area contributed by atoms with Crippen LogP contribution in [0.25, 0.3) is 0 Å². The molecule has 11 heavy (non-hydrogen) atoms. The predicted octanol–water partition coefficient (Wildman–Crippen LogP) is 1.48. The highest BCUT2D eigenvalue weighted by atomic mass is 28.4. The van der Waals surface area contributed by atoms with E-state index in [0.717, 1.165) is 6.08 Å². The Morgan fingerprint density at radius 3 is 2.45 bits per heavy atom. The molecule has 4 heteroatoms. The van der Waals surface area contributed by atoms with Gasteiger partial charge in [-0.15, -0.1) is 0 Å². The summed E-state index contributed by atoms with van der Waals surface area (Å²) in [6, 6.07) is 0. The van der Waals surface area contributed by atoms with Crippen LogP contribution in [-0.4, -0.2) is 26.0 Å². The van der Waals surface area contributed by atoms with Gasteiger partial charge in [-0.3, -0.25) is 0 Å². The minimum Gasteiger partial charge on any atom is -0.478 e. The molecule has 0 aliphatic heterocycles. The van der Waals surface area contributed by atoms with E-state index in [9.17, 15) is 4.79 Å². The summed E-state index contributed by atoms with van der Waals surface area (Å²) in [5, 5.41) is 8.21. The maximum absolute atomic E-state index is 9.99. The van der Waals surface area contributed by atoms with Crippen LogP contribution < -0.4 is 0 Å². The molecule has 3 nitrogen and oxygen atoms in total. The van der Waals surface area contributed by atoms with Crippen molar-refractivity contribution in [3.05, 3.63) is 12.2 Å². The Balaban J connectivity index is 3.50. The second kappa shape index (κ2) is 4.30. The minimum absolute atomic E-state index is 0.405. The standard InChI is InChI=1S/C7H14O3Si/c1-11(2,3)10-6-4-5-7(8)9/h4-5H,6H2,1-3H3,(H,8,9)/b5-4+. The van der Waals surface area contributed by atoms with Crippen LogP contribution in [0.5, 0.6) is 0 Å². The van der Waals surface area contributed by atoms with E-state index < -0.39 is 14.3 Å². The summed E-state index contributed by atoms with van der Waals surface area (Å²) in [5.41, 5.74) is 0. The first-order valence-electron chi connectivity index (χ1n) is 3.45. The number of hydrogen-bond donors (Lipinski definition) is 1. The summed E-state index contributed by atoms with van der Waals surface area (Å²) < 4.78 is 5.37. The van der Waals surface area contributed by atoms with Gasteiger partial charge < -0.3 is 9.53 Å². The van der Waals surface area contributed by atoms with E-state index in [1.807, 2.05) is 0 Å². The van der Waals surface area contributed by atoms with E-state index in [4.69, 9.17) is 9.53 Å². The average molecular weight is 174 g/mol. The van der Waals surface area contributed by atoms with Crippen molar-refractivity contribution in [2.45, 2.75) is 19.6 Å². The Morgan fingerprint density at radius 2 is 2.09 bits per heavy atom. The van der Waals surface area contributed by atoms with Crippen molar-refractivity contribution in [3.63, 3.8) is 0 Å².